The van der Waals surface area contributed by atoms with E-state index in [1.54, 1.807) is 50.6 Å². The van der Waals surface area contributed by atoms with Crippen LogP contribution >= 0.6 is 23.2 Å². The third-order valence-corrected chi connectivity index (χ3v) is 5.76. The second-order valence-corrected chi connectivity index (χ2v) is 8.73. The first-order valence-electron chi connectivity index (χ1n) is 11.4. The molecule has 0 aliphatic rings. The normalized spacial score (nSPS) is 10.6. The Kier molecular flexibility index (Phi) is 12.6. The molecule has 0 unspecified atom stereocenters. The van der Waals surface area contributed by atoms with Crippen LogP contribution in [0, 0.1) is 0 Å². The Balaban J connectivity index is 1.49. The number of rotatable bonds is 15. The predicted octanol–water partition coefficient (Wildman–Crippen LogP) is 6.92. The first-order chi connectivity index (χ1) is 16.4. The Morgan fingerprint density at radius 1 is 0.647 bits per heavy atom. The highest BCUT2D eigenvalue weighted by atomic mass is 35.5. The van der Waals surface area contributed by atoms with Crippen LogP contribution in [0.4, 0.5) is 0 Å². The lowest BCUT2D eigenvalue weighted by atomic mass is 10.1. The Morgan fingerprint density at radius 2 is 1.03 bits per heavy atom. The number of hydrogen-bond donors (Lipinski definition) is 0. The molecule has 2 aromatic rings. The Morgan fingerprint density at radius 3 is 1.41 bits per heavy atom. The molecule has 2 aromatic carbocycles. The van der Waals surface area contributed by atoms with Crippen molar-refractivity contribution in [2.45, 2.75) is 64.6 Å². The molecule has 0 N–H and O–H groups in total. The molecule has 0 heterocycles. The van der Waals surface area contributed by atoms with Crippen molar-refractivity contribution in [3.05, 3.63) is 57.6 Å². The molecule has 186 valence electrons. The van der Waals surface area contributed by atoms with Gasteiger partial charge < -0.3 is 18.9 Å². The van der Waals surface area contributed by atoms with Crippen molar-refractivity contribution >= 4 is 35.1 Å². The number of ether oxygens (including phenoxy) is 4. The number of halogens is 2. The van der Waals surface area contributed by atoms with Crippen molar-refractivity contribution < 1.29 is 28.5 Å². The Hall–Kier alpha value is -2.44. The van der Waals surface area contributed by atoms with Crippen molar-refractivity contribution in [3.8, 4) is 11.5 Å². The molecule has 0 aromatic heterocycles. The van der Waals surface area contributed by atoms with Crippen LogP contribution in [0.5, 0.6) is 11.5 Å². The van der Waals surface area contributed by atoms with E-state index in [2.05, 4.69) is 0 Å². The fourth-order valence-corrected chi connectivity index (χ4v) is 3.71. The minimum atomic E-state index is -0.225. The summed E-state index contributed by atoms with van der Waals surface area (Å²) in [4.78, 5) is 23.9. The molecule has 0 atom stereocenters. The summed E-state index contributed by atoms with van der Waals surface area (Å²) in [5.41, 5.74) is 1.57. The number of benzene rings is 2. The minimum Gasteiger partial charge on any atom is -0.496 e. The van der Waals surface area contributed by atoms with Gasteiger partial charge in [0.15, 0.2) is 0 Å². The van der Waals surface area contributed by atoms with Gasteiger partial charge in [0.1, 0.15) is 24.7 Å². The summed E-state index contributed by atoms with van der Waals surface area (Å²) in [6, 6.07) is 10.5. The molecule has 0 radical (unpaired) electrons. The van der Waals surface area contributed by atoms with Gasteiger partial charge in [-0.15, -0.1) is 0 Å². The van der Waals surface area contributed by atoms with Crippen molar-refractivity contribution in [1.82, 2.24) is 0 Å². The largest absolute Gasteiger partial charge is 0.496 e. The van der Waals surface area contributed by atoms with E-state index in [9.17, 15) is 9.59 Å². The quantitative estimate of drug-likeness (QED) is 0.191. The van der Waals surface area contributed by atoms with Gasteiger partial charge in [0.25, 0.3) is 0 Å². The number of carbonyl (C=O) groups is 2. The first-order valence-corrected chi connectivity index (χ1v) is 12.1. The van der Waals surface area contributed by atoms with E-state index in [0.717, 1.165) is 49.7 Å². The van der Waals surface area contributed by atoms with E-state index >= 15 is 0 Å². The van der Waals surface area contributed by atoms with Gasteiger partial charge in [-0.1, -0.05) is 61.0 Å². The smallest absolute Gasteiger partial charge is 0.306 e. The van der Waals surface area contributed by atoms with E-state index in [-0.39, 0.29) is 25.2 Å². The molecule has 34 heavy (non-hydrogen) atoms. The molecule has 0 fully saturated rings. The summed E-state index contributed by atoms with van der Waals surface area (Å²) >= 11 is 11.9. The van der Waals surface area contributed by atoms with Gasteiger partial charge in [-0.05, 0) is 37.1 Å². The van der Waals surface area contributed by atoms with Gasteiger partial charge in [0, 0.05) is 34.0 Å². The fraction of sp³-hybridized carbons (Fsp3) is 0.462. The highest BCUT2D eigenvalue weighted by Gasteiger charge is 2.09. The lowest BCUT2D eigenvalue weighted by molar-refractivity contribution is -0.146. The number of esters is 2. The second kappa shape index (κ2) is 15.5. The molecule has 0 spiro atoms. The molecule has 0 bridgehead atoms. The number of methoxy groups -OCH3 is 2. The third kappa shape index (κ3) is 10.2. The van der Waals surface area contributed by atoms with Crippen LogP contribution in [0.25, 0.3) is 0 Å². The molecular weight excluding hydrogens is 479 g/mol. The summed E-state index contributed by atoms with van der Waals surface area (Å²) < 4.78 is 21.2. The molecule has 0 aliphatic carbocycles. The molecule has 0 aliphatic heterocycles. The number of unbranched alkanes of at least 4 members (excludes halogenated alkanes) is 5. The highest BCUT2D eigenvalue weighted by Crippen LogP contribution is 2.25. The van der Waals surface area contributed by atoms with Crippen LogP contribution in [0.1, 0.15) is 62.5 Å². The molecule has 2 rings (SSSR count). The first kappa shape index (κ1) is 27.8. The minimum absolute atomic E-state index is 0.167. The van der Waals surface area contributed by atoms with Crippen LogP contribution in [0.3, 0.4) is 0 Å². The van der Waals surface area contributed by atoms with Crippen LogP contribution in [0.2, 0.25) is 10.0 Å². The maximum Gasteiger partial charge on any atom is 0.306 e. The van der Waals surface area contributed by atoms with E-state index in [4.69, 9.17) is 42.1 Å². The van der Waals surface area contributed by atoms with Gasteiger partial charge in [-0.2, -0.15) is 0 Å². The van der Waals surface area contributed by atoms with Gasteiger partial charge >= 0.3 is 11.9 Å². The zero-order valence-corrected chi connectivity index (χ0v) is 21.3. The van der Waals surface area contributed by atoms with Gasteiger partial charge in [0.2, 0.25) is 0 Å². The van der Waals surface area contributed by atoms with Crippen LogP contribution in [-0.4, -0.2) is 26.2 Å². The van der Waals surface area contributed by atoms with E-state index in [1.807, 2.05) is 0 Å². The summed E-state index contributed by atoms with van der Waals surface area (Å²) in [5.74, 6) is 0.761. The molecule has 0 saturated carbocycles. The fourth-order valence-electron chi connectivity index (χ4n) is 3.38. The average molecular weight is 511 g/mol. The molecule has 0 amide bonds. The van der Waals surface area contributed by atoms with E-state index in [1.165, 1.54) is 0 Å². The Bertz CT molecular complexity index is 856. The van der Waals surface area contributed by atoms with Gasteiger partial charge in [-0.25, -0.2) is 0 Å². The molecule has 0 saturated heterocycles. The summed E-state index contributed by atoms with van der Waals surface area (Å²) in [6.45, 7) is 0.333. The molecule has 6 nitrogen and oxygen atoms in total. The zero-order chi connectivity index (χ0) is 24.8. The summed E-state index contributed by atoms with van der Waals surface area (Å²) in [7, 11) is 3.11. The van der Waals surface area contributed by atoms with Crippen molar-refractivity contribution in [1.29, 1.82) is 0 Å². The van der Waals surface area contributed by atoms with Crippen LogP contribution in [-0.2, 0) is 32.3 Å². The summed E-state index contributed by atoms with van der Waals surface area (Å²) in [6.07, 6.45) is 6.24. The summed E-state index contributed by atoms with van der Waals surface area (Å²) in [5, 5.41) is 1.14. The average Bonchev–Trinajstić information content (AvgIpc) is 2.83. The van der Waals surface area contributed by atoms with Crippen LogP contribution < -0.4 is 9.47 Å². The Labute approximate surface area is 211 Å². The topological polar surface area (TPSA) is 71.1 Å². The lowest BCUT2D eigenvalue weighted by Gasteiger charge is -2.10. The van der Waals surface area contributed by atoms with Crippen molar-refractivity contribution in [2.75, 3.05) is 14.2 Å². The SMILES string of the molecule is COc1cc(Cl)ccc1COC(=O)CCCCCCCCC(=O)OCc1ccc(Cl)cc1OC. The van der Waals surface area contributed by atoms with E-state index in [0.29, 0.717) is 34.4 Å². The predicted molar refractivity (Wildman–Crippen MR) is 133 cm³/mol. The van der Waals surface area contributed by atoms with Gasteiger partial charge in [0.05, 0.1) is 14.2 Å². The monoisotopic (exact) mass is 510 g/mol. The number of carbonyl (C=O) groups excluding carboxylic acids is 2. The second-order valence-electron chi connectivity index (χ2n) is 7.86. The third-order valence-electron chi connectivity index (χ3n) is 5.29. The molecular formula is C26H32Cl2O6. The highest BCUT2D eigenvalue weighted by molar-refractivity contribution is 6.31. The van der Waals surface area contributed by atoms with Gasteiger partial charge in [-0.3, -0.25) is 9.59 Å². The van der Waals surface area contributed by atoms with Crippen LogP contribution in [0.15, 0.2) is 36.4 Å². The zero-order valence-electron chi connectivity index (χ0n) is 19.7. The standard InChI is InChI=1S/C26H32Cl2O6/c1-31-23-15-21(27)13-11-19(23)17-33-25(29)9-7-5-3-4-6-8-10-26(30)34-18-20-12-14-22(28)16-24(20)32-2/h11-16H,3-10,17-18H2,1-2H3. The number of hydrogen-bond acceptors (Lipinski definition) is 6. The van der Waals surface area contributed by atoms with E-state index < -0.39 is 0 Å². The maximum absolute atomic E-state index is 12.0. The lowest BCUT2D eigenvalue weighted by Crippen LogP contribution is -2.05. The molecule has 8 heteroatoms. The maximum atomic E-state index is 12.0. The van der Waals surface area contributed by atoms with Crippen molar-refractivity contribution in [2.24, 2.45) is 0 Å². The van der Waals surface area contributed by atoms with Crippen molar-refractivity contribution in [3.63, 3.8) is 0 Å².